The summed E-state index contributed by atoms with van der Waals surface area (Å²) in [5.74, 6) is -0.773. The zero-order chi connectivity index (χ0) is 17.4. The highest BCUT2D eigenvalue weighted by Crippen LogP contribution is 2.27. The number of aromatic amines is 1. The van der Waals surface area contributed by atoms with Crippen molar-refractivity contribution in [2.75, 3.05) is 0 Å². The summed E-state index contributed by atoms with van der Waals surface area (Å²) in [6.07, 6.45) is 3.56. The summed E-state index contributed by atoms with van der Waals surface area (Å²) in [5.41, 5.74) is 3.71. The van der Waals surface area contributed by atoms with E-state index < -0.39 is 5.91 Å². The summed E-state index contributed by atoms with van der Waals surface area (Å²) in [7, 11) is 0. The second-order valence-electron chi connectivity index (χ2n) is 5.81. The number of hydrogen-bond acceptors (Lipinski definition) is 3. The molecule has 3 aromatic rings. The highest BCUT2D eigenvalue weighted by Gasteiger charge is 2.27. The summed E-state index contributed by atoms with van der Waals surface area (Å²) in [4.78, 5) is 27.3. The van der Waals surface area contributed by atoms with Gasteiger partial charge in [-0.15, -0.1) is 0 Å². The van der Waals surface area contributed by atoms with Crippen LogP contribution in [-0.2, 0) is 11.3 Å². The first kappa shape index (κ1) is 15.7. The first-order valence-corrected chi connectivity index (χ1v) is 8.56. The molecule has 0 radical (unpaired) electrons. The maximum absolute atomic E-state index is 12.2. The van der Waals surface area contributed by atoms with Crippen LogP contribution < -0.4 is 10.6 Å². The lowest BCUT2D eigenvalue weighted by atomic mass is 9.95. The van der Waals surface area contributed by atoms with Gasteiger partial charge in [0, 0.05) is 40.1 Å². The molecule has 1 aromatic heterocycles. The van der Waals surface area contributed by atoms with Crippen LogP contribution in [0.2, 0.25) is 0 Å². The van der Waals surface area contributed by atoms with Crippen LogP contribution in [-0.4, -0.2) is 16.8 Å². The molecule has 0 atom stereocenters. The van der Waals surface area contributed by atoms with Gasteiger partial charge >= 0.3 is 0 Å². The molecule has 0 bridgehead atoms. The SMILES string of the molecule is O=C1NC(=O)c2ccc(Br)cc2C1=CNCc1ccc2cc[nH]c2c1. The number of hydrogen-bond donors (Lipinski definition) is 3. The molecule has 3 N–H and O–H groups in total. The van der Waals surface area contributed by atoms with Crippen LogP contribution >= 0.6 is 15.9 Å². The van der Waals surface area contributed by atoms with Crippen LogP contribution in [0, 0.1) is 0 Å². The highest BCUT2D eigenvalue weighted by atomic mass is 79.9. The zero-order valence-corrected chi connectivity index (χ0v) is 14.7. The molecule has 1 aliphatic heterocycles. The molecular weight excluding hydrogens is 382 g/mol. The first-order valence-electron chi connectivity index (χ1n) is 7.77. The van der Waals surface area contributed by atoms with Crippen LogP contribution in [0.3, 0.4) is 0 Å². The first-order chi connectivity index (χ1) is 12.1. The van der Waals surface area contributed by atoms with Crippen molar-refractivity contribution in [3.05, 3.63) is 76.0 Å². The standard InChI is InChI=1S/C19H14BrN3O2/c20-13-3-4-14-15(8-13)16(19(25)23-18(14)24)10-21-9-11-1-2-12-5-6-22-17(12)7-11/h1-8,10,21-22H,9H2,(H,23,24,25). The molecule has 0 saturated carbocycles. The van der Waals surface area contributed by atoms with Crippen molar-refractivity contribution in [1.29, 1.82) is 0 Å². The van der Waals surface area contributed by atoms with Crippen molar-refractivity contribution in [2.45, 2.75) is 6.54 Å². The van der Waals surface area contributed by atoms with Crippen LogP contribution in [0.4, 0.5) is 0 Å². The fraction of sp³-hybridized carbons (Fsp3) is 0.0526. The lowest BCUT2D eigenvalue weighted by molar-refractivity contribution is -0.114. The molecule has 0 saturated heterocycles. The molecule has 1 aliphatic rings. The molecule has 4 rings (SSSR count). The zero-order valence-electron chi connectivity index (χ0n) is 13.1. The van der Waals surface area contributed by atoms with E-state index in [1.54, 1.807) is 24.4 Å². The van der Waals surface area contributed by atoms with Crippen molar-refractivity contribution < 1.29 is 9.59 Å². The average Bonchev–Trinajstić information content (AvgIpc) is 3.05. The Labute approximate surface area is 152 Å². The number of amides is 2. The Hall–Kier alpha value is -2.86. The molecule has 2 heterocycles. The van der Waals surface area contributed by atoms with Crippen LogP contribution in [0.25, 0.3) is 16.5 Å². The molecule has 2 aromatic carbocycles. The van der Waals surface area contributed by atoms with E-state index in [9.17, 15) is 9.59 Å². The van der Waals surface area contributed by atoms with Gasteiger partial charge in [-0.3, -0.25) is 14.9 Å². The molecule has 0 spiro atoms. The number of carbonyl (C=O) groups is 2. The topological polar surface area (TPSA) is 74.0 Å². The Morgan fingerprint density at radius 2 is 1.88 bits per heavy atom. The van der Waals surface area contributed by atoms with E-state index in [1.807, 2.05) is 24.4 Å². The number of H-pyrrole nitrogens is 1. The second kappa shape index (κ2) is 6.22. The number of nitrogens with one attached hydrogen (secondary N) is 3. The summed E-state index contributed by atoms with van der Waals surface area (Å²) < 4.78 is 0.817. The molecule has 0 aliphatic carbocycles. The van der Waals surface area contributed by atoms with Crippen molar-refractivity contribution in [3.63, 3.8) is 0 Å². The van der Waals surface area contributed by atoms with Gasteiger partial charge in [0.05, 0.1) is 5.57 Å². The molecule has 0 fully saturated rings. The molecule has 2 amide bonds. The van der Waals surface area contributed by atoms with Crippen LogP contribution in [0.1, 0.15) is 21.5 Å². The number of carbonyl (C=O) groups excluding carboxylic acids is 2. The summed E-state index contributed by atoms with van der Waals surface area (Å²) in [5, 5.41) is 6.70. The summed E-state index contributed by atoms with van der Waals surface area (Å²) >= 11 is 3.39. The summed E-state index contributed by atoms with van der Waals surface area (Å²) in [6, 6.07) is 13.4. The summed E-state index contributed by atoms with van der Waals surface area (Å²) in [6.45, 7) is 0.572. The van der Waals surface area contributed by atoms with E-state index in [2.05, 4.69) is 37.6 Å². The predicted octanol–water partition coefficient (Wildman–Crippen LogP) is 3.33. The second-order valence-corrected chi connectivity index (χ2v) is 6.73. The number of benzene rings is 2. The van der Waals surface area contributed by atoms with Gasteiger partial charge in [-0.25, -0.2) is 0 Å². The van der Waals surface area contributed by atoms with E-state index >= 15 is 0 Å². The number of aromatic nitrogens is 1. The monoisotopic (exact) mass is 395 g/mol. The largest absolute Gasteiger partial charge is 0.386 e. The van der Waals surface area contributed by atoms with Crippen molar-refractivity contribution in [2.24, 2.45) is 0 Å². The maximum Gasteiger partial charge on any atom is 0.260 e. The molecule has 124 valence electrons. The van der Waals surface area contributed by atoms with Gasteiger partial charge in [0.1, 0.15) is 0 Å². The van der Waals surface area contributed by atoms with Crippen molar-refractivity contribution >= 4 is 44.2 Å². The van der Waals surface area contributed by atoms with Crippen molar-refractivity contribution in [1.82, 2.24) is 15.6 Å². The van der Waals surface area contributed by atoms with E-state index in [4.69, 9.17) is 0 Å². The van der Waals surface area contributed by atoms with Gasteiger partial charge in [-0.05, 0) is 41.3 Å². The normalized spacial score (nSPS) is 15.3. The maximum atomic E-state index is 12.2. The third-order valence-electron chi connectivity index (χ3n) is 4.16. The number of imide groups is 1. The van der Waals surface area contributed by atoms with E-state index in [0.717, 1.165) is 20.9 Å². The van der Waals surface area contributed by atoms with Gasteiger partial charge in [0.25, 0.3) is 11.8 Å². The lowest BCUT2D eigenvalue weighted by Crippen LogP contribution is -2.37. The van der Waals surface area contributed by atoms with E-state index in [0.29, 0.717) is 23.2 Å². The smallest absolute Gasteiger partial charge is 0.260 e. The molecule has 0 unspecified atom stereocenters. The minimum absolute atomic E-state index is 0.373. The third kappa shape index (κ3) is 2.96. The Morgan fingerprint density at radius 3 is 2.76 bits per heavy atom. The Kier molecular flexibility index (Phi) is 3.89. The Morgan fingerprint density at radius 1 is 1.00 bits per heavy atom. The molecule has 5 nitrogen and oxygen atoms in total. The fourth-order valence-corrected chi connectivity index (χ4v) is 3.28. The Balaban J connectivity index is 1.60. The van der Waals surface area contributed by atoms with Crippen molar-refractivity contribution in [3.8, 4) is 0 Å². The minimum Gasteiger partial charge on any atom is -0.386 e. The van der Waals surface area contributed by atoms with Gasteiger partial charge < -0.3 is 10.3 Å². The van der Waals surface area contributed by atoms with Gasteiger partial charge in [0.15, 0.2) is 0 Å². The third-order valence-corrected chi connectivity index (χ3v) is 4.65. The lowest BCUT2D eigenvalue weighted by Gasteiger charge is -2.18. The minimum atomic E-state index is -0.400. The number of halogens is 1. The molecule has 6 heteroatoms. The Bertz CT molecular complexity index is 1040. The van der Waals surface area contributed by atoms with Crippen LogP contribution in [0.15, 0.2) is 59.3 Å². The average molecular weight is 396 g/mol. The number of rotatable bonds is 3. The van der Waals surface area contributed by atoms with Gasteiger partial charge in [-0.2, -0.15) is 0 Å². The highest BCUT2D eigenvalue weighted by molar-refractivity contribution is 9.10. The van der Waals surface area contributed by atoms with Gasteiger partial charge in [0.2, 0.25) is 0 Å². The number of fused-ring (bicyclic) bond motifs is 2. The molecular formula is C19H14BrN3O2. The quantitative estimate of drug-likeness (QED) is 0.470. The predicted molar refractivity (Wildman–Crippen MR) is 99.7 cm³/mol. The van der Waals surface area contributed by atoms with E-state index in [1.165, 1.54) is 0 Å². The fourth-order valence-electron chi connectivity index (χ4n) is 2.92. The van der Waals surface area contributed by atoms with E-state index in [-0.39, 0.29) is 5.91 Å². The van der Waals surface area contributed by atoms with Gasteiger partial charge in [-0.1, -0.05) is 28.1 Å². The molecule has 25 heavy (non-hydrogen) atoms. The van der Waals surface area contributed by atoms with Crippen LogP contribution in [0.5, 0.6) is 0 Å².